The van der Waals surface area contributed by atoms with Crippen LogP contribution < -0.4 is 106 Å². The average Bonchev–Trinajstić information content (AvgIpc) is 1.56. The number of Topliss-reactive ketones (excluding diaryl/α,β-unsaturated/α-hetero) is 1. The maximum atomic E-state index is 12.2. The number of hydrogen-bond donors (Lipinski definition) is 8. The van der Waals surface area contributed by atoms with Crippen molar-refractivity contribution in [2.24, 2.45) is 0 Å². The van der Waals surface area contributed by atoms with Gasteiger partial charge in [0.1, 0.15) is 57.3 Å². The van der Waals surface area contributed by atoms with Crippen LogP contribution in [0.3, 0.4) is 0 Å². The molecule has 0 saturated carbocycles. The number of carboxylic acids is 2. The van der Waals surface area contributed by atoms with Crippen LogP contribution in [0.4, 0.5) is 23.3 Å². The van der Waals surface area contributed by atoms with E-state index in [1.54, 1.807) is 85.6 Å². The van der Waals surface area contributed by atoms with Crippen molar-refractivity contribution in [2.75, 3.05) is 43.0 Å². The maximum Gasteiger partial charge on any atom is 1.00 e. The summed E-state index contributed by atoms with van der Waals surface area (Å²) in [6.07, 6.45) is 7.00. The minimum absolute atomic E-state index is 0. The van der Waals surface area contributed by atoms with Gasteiger partial charge in [-0.05, 0) is 117 Å². The quantitative estimate of drug-likeness (QED) is 0.0551. The summed E-state index contributed by atoms with van der Waals surface area (Å²) in [5.41, 5.74) is 7.33. The SMILES string of the molecule is CC(=O)O.CC(=O)OB(OC(C)=O)OC(C)=O.CC(=O)[O-].CC(C)=O.CC(C)Nc1ccn[nH]1.COc1ccc2c(=O)cc(-n3ccc(NC(C)C)n3)[nH]c2c1.COc1ccc2c(Cl)cc(-n3ccc(NC(C)C)n3)nc2c1.COc1ccc2c(Cl)cc(Cl)nc2c1.Nc1ccn[nH]1.[H-].[Na+].[Na+]. The molecule has 3 aromatic carbocycles. The van der Waals surface area contributed by atoms with Crippen LogP contribution in [0.5, 0.6) is 17.2 Å². The molecule has 30 nitrogen and oxygen atoms in total. The maximum absolute atomic E-state index is 12.2. The Balaban J connectivity index is 0. The fourth-order valence-corrected chi connectivity index (χ4v) is 7.95. The Labute approximate surface area is 638 Å². The molecule has 0 amide bonds. The molecule has 36 heteroatoms. The van der Waals surface area contributed by atoms with Crippen molar-refractivity contribution in [3.8, 4) is 28.9 Å². The second kappa shape index (κ2) is 48.0. The number of rotatable bonds is 14. The molecule has 0 aliphatic heterocycles. The number of nitrogens with one attached hydrogen (secondary N) is 6. The number of hydrogen-bond acceptors (Lipinski definition) is 24. The van der Waals surface area contributed by atoms with Crippen LogP contribution in [0.1, 0.15) is 91.4 Å². The molecule has 0 bridgehead atoms. The van der Waals surface area contributed by atoms with Gasteiger partial charge in [-0.15, -0.1) is 10.2 Å². The number of nitrogens with two attached hydrogens (primary N) is 1. The summed E-state index contributed by atoms with van der Waals surface area (Å²) >= 11 is 18.1. The normalized spacial score (nSPS) is 9.66. The molecule has 0 spiro atoms. The molecule has 0 saturated heterocycles. The first-order valence-electron chi connectivity index (χ1n) is 29.3. The number of fused-ring (bicyclic) bond motifs is 3. The molecular weight excluding hydrogens is 1380 g/mol. The minimum Gasteiger partial charge on any atom is -1.00 e. The summed E-state index contributed by atoms with van der Waals surface area (Å²) in [6, 6.07) is 29.9. The predicted octanol–water partition coefficient (Wildman–Crippen LogP) is 4.44. The van der Waals surface area contributed by atoms with E-state index in [-0.39, 0.29) is 71.8 Å². The van der Waals surface area contributed by atoms with Crippen molar-refractivity contribution >= 4 is 134 Å². The molecule has 528 valence electrons. The smallest absolute Gasteiger partial charge is 1.00 e. The van der Waals surface area contributed by atoms with Gasteiger partial charge in [-0.3, -0.25) is 34.2 Å². The molecule has 0 atom stereocenters. The van der Waals surface area contributed by atoms with Crippen LogP contribution in [-0.2, 0) is 42.7 Å². The van der Waals surface area contributed by atoms with Gasteiger partial charge in [0, 0.05) is 123 Å². The van der Waals surface area contributed by atoms with Crippen molar-refractivity contribution in [3.63, 3.8) is 0 Å². The number of aromatic amines is 3. The molecule has 7 heterocycles. The first-order chi connectivity index (χ1) is 46.1. The van der Waals surface area contributed by atoms with Crippen molar-refractivity contribution in [1.82, 2.24) is 54.9 Å². The molecule has 0 fully saturated rings. The summed E-state index contributed by atoms with van der Waals surface area (Å²) in [7, 11) is 3.24. The van der Waals surface area contributed by atoms with Gasteiger partial charge in [0.25, 0.3) is 23.9 Å². The van der Waals surface area contributed by atoms with Crippen molar-refractivity contribution in [2.45, 2.75) is 108 Å². The third-order valence-corrected chi connectivity index (χ3v) is 11.5. The van der Waals surface area contributed by atoms with Crippen LogP contribution in [0, 0.1) is 0 Å². The summed E-state index contributed by atoms with van der Waals surface area (Å²) in [6.45, 7) is 20.8. The Hall–Kier alpha value is -8.92. The Kier molecular flexibility index (Phi) is 43.7. The number of carbonyl (C=O) groups excluding carboxylic acids is 5. The molecule has 100 heavy (non-hydrogen) atoms. The Morgan fingerprint density at radius 2 is 0.990 bits per heavy atom. The summed E-state index contributed by atoms with van der Waals surface area (Å²) < 4.78 is 31.9. The number of ether oxygens (including phenoxy) is 3. The molecule has 10 aromatic rings. The molecule has 0 aliphatic rings. The molecule has 7 aromatic heterocycles. The first-order valence-corrected chi connectivity index (χ1v) is 30.4. The number of nitrogen functional groups attached to an aromatic ring is 1. The van der Waals surface area contributed by atoms with Crippen LogP contribution >= 0.6 is 34.8 Å². The van der Waals surface area contributed by atoms with E-state index in [2.05, 4.69) is 103 Å². The van der Waals surface area contributed by atoms with Crippen molar-refractivity contribution in [3.05, 3.63) is 147 Å². The van der Waals surface area contributed by atoms with E-state index in [1.165, 1.54) is 13.8 Å². The molecular formula is C64H81BCl3N15Na2O15. The number of pyridine rings is 3. The molecule has 9 N–H and O–H groups in total. The number of aliphatic carboxylic acids is 2. The summed E-state index contributed by atoms with van der Waals surface area (Å²) in [5.74, 6) is 2.72. The van der Waals surface area contributed by atoms with E-state index >= 15 is 0 Å². The number of aromatic nitrogens is 11. The topological polar surface area (TPSA) is 415 Å². The van der Waals surface area contributed by atoms with E-state index < -0.39 is 37.2 Å². The zero-order valence-corrected chi connectivity index (χ0v) is 65.1. The standard InChI is InChI=1S/C16H17ClN4O.C16H18N4O2.C10H7Cl2NO.C6H9BO6.C6H11N3.C3H5N3.C3H6O.2C2H4O2.2Na.H/c1-10(2)18-15-6-7-21(20-15)16-9-13(17)12-5-4-11(22-3)8-14(12)19-16;1-10(2)17-15-6-7-20(19-15)16-9-14(21)12-5-4-11(22-3)8-13(12)18-16;1-14-6-2-3-7-8(11)5-10(12)13-9(7)4-6;1-4(8)11-7(12-5(2)9)13-6(3)10;1-5(2)8-6-3-4-7-9-6;4-3-1-2-5-6-3;1-3(2)4;2*1-2(3)4;;;/h4-10H,1-3H3,(H,18,20);4-10H,1-3H3,(H,17,19)(H,18,21);2-5H,1H3;1-3H3;3-5H,1-2H3,(H2,7,8,9);1-2H,(H3,4,5,6);1-2H3;2*1H3,(H,3,4);;;/q;;;;;;;;;2*+1;-1/p-1. The molecule has 0 radical (unpaired) electrons. The number of benzene rings is 3. The number of nitrogens with zero attached hydrogens (tertiary/aromatic N) is 8. The van der Waals surface area contributed by atoms with Gasteiger partial charge in [-0.1, -0.05) is 34.8 Å². The predicted molar refractivity (Wildman–Crippen MR) is 377 cm³/mol. The monoisotopic (exact) mass is 1460 g/mol. The van der Waals surface area contributed by atoms with Crippen LogP contribution in [0.2, 0.25) is 15.2 Å². The number of anilines is 4. The first kappa shape index (κ1) is 91.1. The molecule has 0 unspecified atom stereocenters. The zero-order chi connectivity index (χ0) is 73.8. The average molecular weight is 1460 g/mol. The zero-order valence-electron chi connectivity index (χ0n) is 59.8. The fraction of sp³-hybridized carbons (Fsp3) is 0.297. The van der Waals surface area contributed by atoms with Crippen LogP contribution in [-0.4, -0.2) is 142 Å². The van der Waals surface area contributed by atoms with Gasteiger partial charge in [0.2, 0.25) is 0 Å². The van der Waals surface area contributed by atoms with Gasteiger partial charge >= 0.3 is 66.4 Å². The number of halogens is 3. The van der Waals surface area contributed by atoms with E-state index in [4.69, 9.17) is 74.5 Å². The Morgan fingerprint density at radius 3 is 1.39 bits per heavy atom. The Bertz CT molecular complexity index is 4130. The molecule has 0 aliphatic carbocycles. The summed E-state index contributed by atoms with van der Waals surface area (Å²) in [4.78, 5) is 82.8. The number of ketones is 1. The molecule has 10 rings (SSSR count). The van der Waals surface area contributed by atoms with E-state index in [9.17, 15) is 24.0 Å². The third-order valence-electron chi connectivity index (χ3n) is 10.7. The number of methoxy groups -OCH3 is 3. The van der Waals surface area contributed by atoms with Crippen molar-refractivity contribution in [1.29, 1.82) is 0 Å². The third kappa shape index (κ3) is 37.3. The van der Waals surface area contributed by atoms with Gasteiger partial charge in [0.05, 0.1) is 60.3 Å². The van der Waals surface area contributed by atoms with Crippen molar-refractivity contribution < 1.29 is 128 Å². The van der Waals surface area contributed by atoms with E-state index in [0.29, 0.717) is 61.9 Å². The number of carbonyl (C=O) groups is 6. The summed E-state index contributed by atoms with van der Waals surface area (Å²) in [5, 5.41) is 51.5. The fourth-order valence-electron chi connectivity index (χ4n) is 7.18. The van der Waals surface area contributed by atoms with Crippen LogP contribution in [0.15, 0.2) is 127 Å². The van der Waals surface area contributed by atoms with E-state index in [0.717, 1.165) is 90.9 Å². The van der Waals surface area contributed by atoms with E-state index in [1.807, 2.05) is 80.8 Å². The van der Waals surface area contributed by atoms with Gasteiger partial charge < -0.3 is 76.1 Å². The Morgan fingerprint density at radius 1 is 0.580 bits per heavy atom. The number of carboxylic acid groups (broad SMARTS) is 2. The number of H-pyrrole nitrogens is 3. The minimum atomic E-state index is -1.59. The largest absolute Gasteiger partial charge is 1.00 e. The van der Waals surface area contributed by atoms with Gasteiger partial charge in [-0.2, -0.15) is 10.2 Å². The second-order valence-electron chi connectivity index (χ2n) is 20.8. The van der Waals surface area contributed by atoms with Gasteiger partial charge in [0.15, 0.2) is 11.2 Å². The van der Waals surface area contributed by atoms with Crippen LogP contribution in [0.25, 0.3) is 44.3 Å². The second-order valence-corrected chi connectivity index (χ2v) is 22.0. The van der Waals surface area contributed by atoms with Gasteiger partial charge in [-0.25, -0.2) is 19.3 Å².